The zero-order valence-corrected chi connectivity index (χ0v) is 11.5. The van der Waals surface area contributed by atoms with Crippen molar-refractivity contribution in [2.24, 2.45) is 0 Å². The molecule has 0 saturated heterocycles. The predicted molar refractivity (Wildman–Crippen MR) is 77.2 cm³/mol. The molecule has 17 heavy (non-hydrogen) atoms. The largest absolute Gasteiger partial charge is 0.396 e. The van der Waals surface area contributed by atoms with Crippen molar-refractivity contribution in [3.8, 4) is 0 Å². The van der Waals surface area contributed by atoms with E-state index >= 15 is 0 Å². The molecule has 0 aliphatic heterocycles. The van der Waals surface area contributed by atoms with Gasteiger partial charge < -0.3 is 5.11 Å². The maximum atomic E-state index is 8.62. The number of rotatable bonds is 12. The van der Waals surface area contributed by atoms with Gasteiger partial charge in [0.15, 0.2) is 0 Å². The van der Waals surface area contributed by atoms with Crippen molar-refractivity contribution in [3.05, 3.63) is 24.3 Å². The van der Waals surface area contributed by atoms with Crippen LogP contribution in [-0.2, 0) is 0 Å². The van der Waals surface area contributed by atoms with Crippen LogP contribution in [0.25, 0.3) is 0 Å². The lowest BCUT2D eigenvalue weighted by molar-refractivity contribution is 0.283. The smallest absolute Gasteiger partial charge is 0.0431 e. The van der Waals surface area contributed by atoms with Gasteiger partial charge in [0.2, 0.25) is 0 Å². The molecule has 0 aromatic heterocycles. The van der Waals surface area contributed by atoms with Crippen LogP contribution in [0.15, 0.2) is 24.3 Å². The summed E-state index contributed by atoms with van der Waals surface area (Å²) in [5.74, 6) is 0. The van der Waals surface area contributed by atoms with E-state index in [-0.39, 0.29) is 0 Å². The van der Waals surface area contributed by atoms with E-state index in [4.69, 9.17) is 5.11 Å². The molecular formula is C16H30O. The molecule has 0 heterocycles. The fourth-order valence-corrected chi connectivity index (χ4v) is 1.70. The van der Waals surface area contributed by atoms with Gasteiger partial charge in [-0.2, -0.15) is 0 Å². The number of hydrogen-bond donors (Lipinski definition) is 1. The van der Waals surface area contributed by atoms with Crippen molar-refractivity contribution in [2.45, 2.75) is 71.1 Å². The van der Waals surface area contributed by atoms with Crippen molar-refractivity contribution in [1.82, 2.24) is 0 Å². The van der Waals surface area contributed by atoms with Gasteiger partial charge in [0.1, 0.15) is 0 Å². The highest BCUT2D eigenvalue weighted by Crippen LogP contribution is 2.04. The minimum absolute atomic E-state index is 0.341. The Morgan fingerprint density at radius 1 is 0.647 bits per heavy atom. The Balaban J connectivity index is 3.11. The zero-order chi connectivity index (χ0) is 12.6. The Bertz CT molecular complexity index is 182. The molecule has 0 saturated carbocycles. The number of allylic oxidation sites excluding steroid dienone is 4. The summed E-state index contributed by atoms with van der Waals surface area (Å²) >= 11 is 0. The highest BCUT2D eigenvalue weighted by Gasteiger charge is 1.85. The van der Waals surface area contributed by atoms with Gasteiger partial charge >= 0.3 is 0 Å². The third-order valence-electron chi connectivity index (χ3n) is 2.83. The summed E-state index contributed by atoms with van der Waals surface area (Å²) in [6.45, 7) is 2.58. The molecular weight excluding hydrogens is 208 g/mol. The average Bonchev–Trinajstić information content (AvgIpc) is 2.35. The second-order valence-corrected chi connectivity index (χ2v) is 4.59. The van der Waals surface area contributed by atoms with Crippen LogP contribution in [0.3, 0.4) is 0 Å². The Morgan fingerprint density at radius 2 is 1.18 bits per heavy atom. The minimum atomic E-state index is 0.341. The van der Waals surface area contributed by atoms with Crippen molar-refractivity contribution < 1.29 is 5.11 Å². The monoisotopic (exact) mass is 238 g/mol. The van der Waals surface area contributed by atoms with Gasteiger partial charge in [-0.1, -0.05) is 50.5 Å². The summed E-state index contributed by atoms with van der Waals surface area (Å²) in [7, 11) is 0. The molecule has 0 fully saturated rings. The van der Waals surface area contributed by atoms with E-state index < -0.39 is 0 Å². The van der Waals surface area contributed by atoms with Gasteiger partial charge in [0, 0.05) is 6.61 Å². The van der Waals surface area contributed by atoms with E-state index in [1.165, 1.54) is 51.4 Å². The Hall–Kier alpha value is -0.560. The molecule has 0 aliphatic carbocycles. The van der Waals surface area contributed by atoms with Gasteiger partial charge in [-0.05, 0) is 44.9 Å². The zero-order valence-electron chi connectivity index (χ0n) is 11.5. The fourth-order valence-electron chi connectivity index (χ4n) is 1.70. The van der Waals surface area contributed by atoms with Crippen molar-refractivity contribution in [2.75, 3.05) is 6.61 Å². The minimum Gasteiger partial charge on any atom is -0.396 e. The standard InChI is InChI=1S/C16H30O/c1-2-3-4-5-6-7-8-9-10-11-12-13-14-15-16-17/h5-6,10-11,17H,2-4,7-9,12-16H2,1H3/b6-5+,11-10+. The molecule has 100 valence electrons. The number of unbranched alkanes of at least 4 members (excludes halogenated alkanes) is 7. The first-order valence-corrected chi connectivity index (χ1v) is 7.32. The number of hydrogen-bond acceptors (Lipinski definition) is 1. The Labute approximate surface area is 108 Å². The molecule has 0 amide bonds. The van der Waals surface area contributed by atoms with Crippen LogP contribution in [0.5, 0.6) is 0 Å². The van der Waals surface area contributed by atoms with Crippen LogP contribution >= 0.6 is 0 Å². The molecule has 1 heteroatoms. The summed E-state index contributed by atoms with van der Waals surface area (Å²) in [4.78, 5) is 0. The van der Waals surface area contributed by atoms with E-state index in [1.807, 2.05) is 0 Å². The lowest BCUT2D eigenvalue weighted by Crippen LogP contribution is -1.81. The summed E-state index contributed by atoms with van der Waals surface area (Å²) in [6.07, 6.45) is 21.3. The first-order chi connectivity index (χ1) is 8.41. The predicted octanol–water partition coefficient (Wildman–Crippen LogP) is 5.01. The van der Waals surface area contributed by atoms with E-state index in [2.05, 4.69) is 31.2 Å². The highest BCUT2D eigenvalue weighted by atomic mass is 16.2. The SMILES string of the molecule is CCCC/C=C/CCC/C=C/CCCCCO. The summed E-state index contributed by atoms with van der Waals surface area (Å²) in [5.41, 5.74) is 0. The Morgan fingerprint density at radius 3 is 1.71 bits per heavy atom. The van der Waals surface area contributed by atoms with Crippen LogP contribution in [-0.4, -0.2) is 11.7 Å². The van der Waals surface area contributed by atoms with E-state index in [9.17, 15) is 0 Å². The second-order valence-electron chi connectivity index (χ2n) is 4.59. The third-order valence-corrected chi connectivity index (χ3v) is 2.83. The van der Waals surface area contributed by atoms with Gasteiger partial charge in [0.05, 0.1) is 0 Å². The first kappa shape index (κ1) is 16.4. The molecule has 1 nitrogen and oxygen atoms in total. The third kappa shape index (κ3) is 15.4. The normalized spacial score (nSPS) is 11.9. The molecule has 1 N–H and O–H groups in total. The van der Waals surface area contributed by atoms with Crippen LogP contribution in [0.1, 0.15) is 71.1 Å². The molecule has 0 atom stereocenters. The van der Waals surface area contributed by atoms with Crippen molar-refractivity contribution in [3.63, 3.8) is 0 Å². The molecule has 0 radical (unpaired) electrons. The van der Waals surface area contributed by atoms with Crippen LogP contribution < -0.4 is 0 Å². The lowest BCUT2D eigenvalue weighted by Gasteiger charge is -1.94. The molecule has 0 aromatic carbocycles. The molecule has 0 spiro atoms. The maximum absolute atomic E-state index is 8.62. The van der Waals surface area contributed by atoms with Gasteiger partial charge in [-0.25, -0.2) is 0 Å². The number of aliphatic hydroxyl groups is 1. The van der Waals surface area contributed by atoms with E-state index in [1.54, 1.807) is 0 Å². The van der Waals surface area contributed by atoms with E-state index in [0.717, 1.165) is 12.8 Å². The Kier molecular flexibility index (Phi) is 14.9. The van der Waals surface area contributed by atoms with Crippen LogP contribution in [0.2, 0.25) is 0 Å². The molecule has 0 unspecified atom stereocenters. The average molecular weight is 238 g/mol. The molecule has 0 aromatic rings. The first-order valence-electron chi connectivity index (χ1n) is 7.32. The van der Waals surface area contributed by atoms with Crippen LogP contribution in [0, 0.1) is 0 Å². The van der Waals surface area contributed by atoms with Gasteiger partial charge in [-0.3, -0.25) is 0 Å². The summed E-state index contributed by atoms with van der Waals surface area (Å²) < 4.78 is 0. The quantitative estimate of drug-likeness (QED) is 0.374. The molecule has 0 aliphatic rings. The van der Waals surface area contributed by atoms with Gasteiger partial charge in [0.25, 0.3) is 0 Å². The number of aliphatic hydroxyl groups excluding tert-OH is 1. The maximum Gasteiger partial charge on any atom is 0.0431 e. The lowest BCUT2D eigenvalue weighted by atomic mass is 10.1. The van der Waals surface area contributed by atoms with Crippen LogP contribution in [0.4, 0.5) is 0 Å². The summed E-state index contributed by atoms with van der Waals surface area (Å²) in [5, 5.41) is 8.62. The highest BCUT2D eigenvalue weighted by molar-refractivity contribution is 4.85. The summed E-state index contributed by atoms with van der Waals surface area (Å²) in [6, 6.07) is 0. The van der Waals surface area contributed by atoms with Crippen molar-refractivity contribution >= 4 is 0 Å². The van der Waals surface area contributed by atoms with Gasteiger partial charge in [-0.15, -0.1) is 0 Å². The van der Waals surface area contributed by atoms with Crippen molar-refractivity contribution in [1.29, 1.82) is 0 Å². The van der Waals surface area contributed by atoms with E-state index in [0.29, 0.717) is 6.61 Å². The topological polar surface area (TPSA) is 20.2 Å². The molecule has 0 bridgehead atoms. The molecule has 0 rings (SSSR count). The second kappa shape index (κ2) is 15.4. The fraction of sp³-hybridized carbons (Fsp3) is 0.750.